The molecule has 3 rings (SSSR count). The molecule has 2 aromatic rings. The van der Waals surface area contributed by atoms with E-state index in [9.17, 15) is 13.2 Å². The first-order valence-corrected chi connectivity index (χ1v) is 7.98. The number of hydrogen-bond acceptors (Lipinski definition) is 2. The van der Waals surface area contributed by atoms with Crippen LogP contribution in [-0.4, -0.2) is 11.1 Å². The number of halogens is 3. The van der Waals surface area contributed by atoms with Crippen molar-refractivity contribution in [3.63, 3.8) is 0 Å². The molecule has 1 fully saturated rings. The van der Waals surface area contributed by atoms with E-state index in [1.54, 1.807) is 6.08 Å². The lowest BCUT2D eigenvalue weighted by Gasteiger charge is -2.35. The predicted molar refractivity (Wildman–Crippen MR) is 90.9 cm³/mol. The summed E-state index contributed by atoms with van der Waals surface area (Å²) in [5.74, 6) is 1.02. The van der Waals surface area contributed by atoms with Crippen molar-refractivity contribution >= 4 is 0 Å². The number of alkyl halides is 3. The Morgan fingerprint density at radius 1 is 1.08 bits per heavy atom. The Morgan fingerprint density at radius 2 is 1.72 bits per heavy atom. The first kappa shape index (κ1) is 17.3. The van der Waals surface area contributed by atoms with Crippen LogP contribution < -0.4 is 0 Å². The van der Waals surface area contributed by atoms with Crippen LogP contribution in [-0.2, 0) is 10.9 Å². The van der Waals surface area contributed by atoms with Crippen molar-refractivity contribution in [2.75, 3.05) is 0 Å². The Kier molecular flexibility index (Phi) is 4.66. The van der Waals surface area contributed by atoms with E-state index in [0.717, 1.165) is 24.5 Å². The fourth-order valence-corrected chi connectivity index (χ4v) is 2.88. The monoisotopic (exact) mass is 345 g/mol. The third kappa shape index (κ3) is 3.92. The zero-order valence-corrected chi connectivity index (χ0v) is 13.6. The van der Waals surface area contributed by atoms with Crippen LogP contribution in [0.3, 0.4) is 0 Å². The highest BCUT2D eigenvalue weighted by molar-refractivity contribution is 5.63. The lowest BCUT2D eigenvalue weighted by molar-refractivity contribution is -0.141. The van der Waals surface area contributed by atoms with E-state index in [1.807, 2.05) is 24.3 Å². The molecule has 0 spiro atoms. The molecule has 0 unspecified atom stereocenters. The maximum absolute atomic E-state index is 12.6. The van der Waals surface area contributed by atoms with Crippen molar-refractivity contribution in [3.05, 3.63) is 78.8 Å². The first-order valence-electron chi connectivity index (χ1n) is 7.98. The van der Waals surface area contributed by atoms with Gasteiger partial charge in [-0.2, -0.15) is 13.2 Å². The first-order chi connectivity index (χ1) is 11.9. The molecule has 0 saturated heterocycles. The van der Waals surface area contributed by atoms with E-state index in [1.165, 1.54) is 17.8 Å². The highest BCUT2D eigenvalue weighted by Crippen LogP contribution is 2.40. The molecule has 2 nitrogen and oxygen atoms in total. The van der Waals surface area contributed by atoms with Crippen LogP contribution in [0.5, 0.6) is 0 Å². The van der Waals surface area contributed by atoms with Gasteiger partial charge in [0.05, 0.1) is 6.10 Å². The van der Waals surface area contributed by atoms with Crippen molar-refractivity contribution in [1.29, 1.82) is 0 Å². The van der Waals surface area contributed by atoms with Gasteiger partial charge < -0.3 is 4.74 Å². The second-order valence-electron chi connectivity index (χ2n) is 6.13. The highest BCUT2D eigenvalue weighted by atomic mass is 19.4. The maximum Gasteiger partial charge on any atom is 0.433 e. The van der Waals surface area contributed by atoms with Gasteiger partial charge in [-0.3, -0.25) is 4.98 Å². The number of rotatable bonds is 5. The summed E-state index contributed by atoms with van der Waals surface area (Å²) in [5, 5.41) is 0. The van der Waals surface area contributed by atoms with Crippen LogP contribution in [0.2, 0.25) is 0 Å². The molecule has 1 aromatic carbocycles. The maximum atomic E-state index is 12.6. The second kappa shape index (κ2) is 6.75. The van der Waals surface area contributed by atoms with Gasteiger partial charge in [0.1, 0.15) is 11.5 Å². The lowest BCUT2D eigenvalue weighted by Crippen LogP contribution is -2.29. The molecule has 0 N–H and O–H groups in total. The average molecular weight is 345 g/mol. The van der Waals surface area contributed by atoms with Crippen molar-refractivity contribution in [2.45, 2.75) is 31.0 Å². The molecule has 1 aliphatic carbocycles. The topological polar surface area (TPSA) is 22.1 Å². The minimum Gasteiger partial charge on any atom is -0.491 e. The summed E-state index contributed by atoms with van der Waals surface area (Å²) < 4.78 is 43.3. The van der Waals surface area contributed by atoms with Crippen LogP contribution in [0.15, 0.2) is 67.6 Å². The molecule has 0 atom stereocenters. The Morgan fingerprint density at radius 3 is 2.24 bits per heavy atom. The van der Waals surface area contributed by atoms with Crippen LogP contribution in [0.1, 0.15) is 30.0 Å². The van der Waals surface area contributed by atoms with Gasteiger partial charge in [-0.05, 0) is 42.0 Å². The number of aromatic nitrogens is 1. The molecule has 0 amide bonds. The summed E-state index contributed by atoms with van der Waals surface area (Å²) >= 11 is 0. The average Bonchev–Trinajstić information content (AvgIpc) is 2.57. The molecule has 1 saturated carbocycles. The Balaban J connectivity index is 1.63. The summed E-state index contributed by atoms with van der Waals surface area (Å²) in [5.41, 5.74) is 1.83. The number of benzene rings is 1. The number of pyridine rings is 1. The second-order valence-corrected chi connectivity index (χ2v) is 6.13. The van der Waals surface area contributed by atoms with Gasteiger partial charge in [-0.1, -0.05) is 43.5 Å². The summed E-state index contributed by atoms with van der Waals surface area (Å²) in [6.45, 7) is 7.36. The largest absolute Gasteiger partial charge is 0.491 e. The van der Waals surface area contributed by atoms with Crippen LogP contribution >= 0.6 is 0 Å². The molecule has 1 aliphatic rings. The Hall–Kier alpha value is -2.56. The van der Waals surface area contributed by atoms with Gasteiger partial charge in [0, 0.05) is 11.8 Å². The van der Waals surface area contributed by atoms with Crippen LogP contribution in [0, 0.1) is 0 Å². The van der Waals surface area contributed by atoms with Gasteiger partial charge in [-0.15, -0.1) is 0 Å². The van der Waals surface area contributed by atoms with Crippen molar-refractivity contribution in [3.8, 4) is 11.1 Å². The van der Waals surface area contributed by atoms with E-state index in [-0.39, 0.29) is 6.10 Å². The third-order valence-corrected chi connectivity index (χ3v) is 4.41. The van der Waals surface area contributed by atoms with Crippen molar-refractivity contribution in [1.82, 2.24) is 4.98 Å². The minimum absolute atomic E-state index is 0.175. The zero-order valence-electron chi connectivity index (χ0n) is 13.6. The van der Waals surface area contributed by atoms with Crippen molar-refractivity contribution < 1.29 is 17.9 Å². The summed E-state index contributed by atoms with van der Waals surface area (Å²) in [4.78, 5) is 3.50. The fraction of sp³-hybridized carbons (Fsp3) is 0.250. The van der Waals surface area contributed by atoms with Gasteiger partial charge >= 0.3 is 6.18 Å². The molecule has 25 heavy (non-hydrogen) atoms. The highest BCUT2D eigenvalue weighted by Gasteiger charge is 2.33. The molecule has 130 valence electrons. The van der Waals surface area contributed by atoms with E-state index in [2.05, 4.69) is 18.1 Å². The molecule has 1 heterocycles. The molecule has 5 heteroatoms. The number of nitrogens with zero attached hydrogens (tertiary/aromatic N) is 1. The molecule has 0 aliphatic heterocycles. The molecule has 0 bridgehead atoms. The van der Waals surface area contributed by atoms with E-state index in [0.29, 0.717) is 17.2 Å². The SMILES string of the molecule is C=CC(=C)O[C@H]1C[C@@H](c2ccc(-c3ccc(C(F)(F)F)nc3)cc2)C1. The molecular formula is C20H18F3NO. The Bertz CT molecular complexity index is 757. The third-order valence-electron chi connectivity index (χ3n) is 4.41. The molecule has 0 radical (unpaired) electrons. The smallest absolute Gasteiger partial charge is 0.433 e. The van der Waals surface area contributed by atoms with Gasteiger partial charge in [0.15, 0.2) is 0 Å². The van der Waals surface area contributed by atoms with E-state index in [4.69, 9.17) is 4.74 Å². The summed E-state index contributed by atoms with van der Waals surface area (Å²) in [7, 11) is 0. The molecule has 1 aromatic heterocycles. The van der Waals surface area contributed by atoms with Crippen LogP contribution in [0.4, 0.5) is 13.2 Å². The standard InChI is InChI=1S/C20H18F3NO/c1-3-13(2)25-18-10-17(11-18)15-6-4-14(5-7-15)16-8-9-19(24-12-16)20(21,22)23/h3-9,12,17-18H,1-2,10-11H2/t17-,18+. The van der Waals surface area contributed by atoms with Gasteiger partial charge in [0.25, 0.3) is 0 Å². The van der Waals surface area contributed by atoms with Gasteiger partial charge in [-0.25, -0.2) is 0 Å². The zero-order chi connectivity index (χ0) is 18.0. The Labute approximate surface area is 144 Å². The fourth-order valence-electron chi connectivity index (χ4n) is 2.88. The number of hydrogen-bond donors (Lipinski definition) is 0. The van der Waals surface area contributed by atoms with E-state index < -0.39 is 11.9 Å². The predicted octanol–water partition coefficient (Wildman–Crippen LogP) is 5.73. The lowest BCUT2D eigenvalue weighted by atomic mass is 9.77. The van der Waals surface area contributed by atoms with E-state index >= 15 is 0 Å². The van der Waals surface area contributed by atoms with Gasteiger partial charge in [0.2, 0.25) is 0 Å². The quantitative estimate of drug-likeness (QED) is 0.510. The number of allylic oxidation sites excluding steroid dienone is 1. The normalized spacial score (nSPS) is 19.8. The molecular weight excluding hydrogens is 327 g/mol. The minimum atomic E-state index is -4.41. The summed E-state index contributed by atoms with van der Waals surface area (Å²) in [6, 6.07) is 10.3. The summed E-state index contributed by atoms with van der Waals surface area (Å²) in [6.07, 6.45) is 0.463. The number of ether oxygens (including phenoxy) is 1. The van der Waals surface area contributed by atoms with Crippen molar-refractivity contribution in [2.24, 2.45) is 0 Å². The van der Waals surface area contributed by atoms with Crippen LogP contribution in [0.25, 0.3) is 11.1 Å².